The molecule has 0 spiro atoms. The van der Waals surface area contributed by atoms with Crippen LogP contribution in [0.2, 0.25) is 0 Å². The molecule has 0 aliphatic rings. The van der Waals surface area contributed by atoms with Crippen molar-refractivity contribution >= 4 is 17.1 Å². The topological polar surface area (TPSA) is 101 Å². The number of nitrogens with zero attached hydrogens (tertiary/aromatic N) is 1. The monoisotopic (exact) mass is 211 g/mol. The van der Waals surface area contributed by atoms with Crippen LogP contribution in [0.25, 0.3) is 0 Å². The number of nitro benzene ring substituents is 1. The van der Waals surface area contributed by atoms with Crippen molar-refractivity contribution in [2.45, 2.75) is 6.92 Å². The lowest BCUT2D eigenvalue weighted by Gasteiger charge is -2.09. The number of nitrogen functional groups attached to an aromatic ring is 1. The van der Waals surface area contributed by atoms with Crippen LogP contribution in [0.15, 0.2) is 12.1 Å². The molecule has 0 aliphatic carbocycles. The van der Waals surface area contributed by atoms with E-state index in [4.69, 9.17) is 10.8 Å². The van der Waals surface area contributed by atoms with Crippen LogP contribution in [0.3, 0.4) is 0 Å². The van der Waals surface area contributed by atoms with E-state index in [-0.39, 0.29) is 18.0 Å². The zero-order chi connectivity index (χ0) is 11.4. The maximum absolute atomic E-state index is 10.6. The lowest BCUT2D eigenvalue weighted by molar-refractivity contribution is -0.383. The highest BCUT2D eigenvalue weighted by Gasteiger charge is 2.13. The molecule has 0 aliphatic heterocycles. The van der Waals surface area contributed by atoms with E-state index in [2.05, 4.69) is 5.32 Å². The molecule has 1 aromatic rings. The highest BCUT2D eigenvalue weighted by atomic mass is 16.6. The average molecular weight is 211 g/mol. The molecule has 0 amide bonds. The fraction of sp³-hybridized carbons (Fsp3) is 0.333. The quantitative estimate of drug-likeness (QED) is 0.390. The predicted octanol–water partition coefficient (Wildman–Crippen LogP) is 0.890. The Hall–Kier alpha value is -1.82. The first-order chi connectivity index (χ1) is 7.06. The van der Waals surface area contributed by atoms with Crippen LogP contribution in [-0.4, -0.2) is 23.2 Å². The average Bonchev–Trinajstić information content (AvgIpc) is 2.16. The third-order valence-electron chi connectivity index (χ3n) is 2.00. The predicted molar refractivity (Wildman–Crippen MR) is 57.8 cm³/mol. The van der Waals surface area contributed by atoms with Gasteiger partial charge < -0.3 is 16.2 Å². The maximum Gasteiger partial charge on any atom is 0.294 e. The molecular weight excluding hydrogens is 198 g/mol. The molecule has 0 unspecified atom stereocenters. The van der Waals surface area contributed by atoms with Crippen LogP contribution in [0.1, 0.15) is 5.56 Å². The molecule has 15 heavy (non-hydrogen) atoms. The van der Waals surface area contributed by atoms with Crippen molar-refractivity contribution in [3.05, 3.63) is 27.8 Å². The molecule has 1 rings (SSSR count). The molecule has 0 aromatic heterocycles. The van der Waals surface area contributed by atoms with Crippen LogP contribution in [0, 0.1) is 17.0 Å². The first-order valence-electron chi connectivity index (χ1n) is 4.45. The van der Waals surface area contributed by atoms with Gasteiger partial charge in [0.2, 0.25) is 0 Å². The fourth-order valence-electron chi connectivity index (χ4n) is 1.26. The maximum atomic E-state index is 10.6. The first-order valence-corrected chi connectivity index (χ1v) is 4.45. The summed E-state index contributed by atoms with van der Waals surface area (Å²) in [4.78, 5) is 10.1. The van der Waals surface area contributed by atoms with Crippen molar-refractivity contribution in [2.75, 3.05) is 24.2 Å². The molecule has 1 aromatic carbocycles. The van der Waals surface area contributed by atoms with Gasteiger partial charge in [-0.05, 0) is 18.6 Å². The molecule has 0 fully saturated rings. The molecular formula is C9H13N3O3. The lowest BCUT2D eigenvalue weighted by Crippen LogP contribution is -2.07. The zero-order valence-corrected chi connectivity index (χ0v) is 8.36. The third kappa shape index (κ3) is 2.57. The number of aliphatic hydroxyl groups excluding tert-OH is 1. The summed E-state index contributed by atoms with van der Waals surface area (Å²) < 4.78 is 0. The molecule has 4 N–H and O–H groups in total. The normalized spacial score (nSPS) is 10.0. The third-order valence-corrected chi connectivity index (χ3v) is 2.00. The molecule has 6 nitrogen and oxygen atoms in total. The Labute approximate surface area is 86.9 Å². The van der Waals surface area contributed by atoms with E-state index in [1.54, 1.807) is 6.92 Å². The summed E-state index contributed by atoms with van der Waals surface area (Å²) in [5, 5.41) is 22.1. The number of nitrogens with two attached hydrogens (primary N) is 1. The second-order valence-corrected chi connectivity index (χ2v) is 3.13. The van der Waals surface area contributed by atoms with Crippen LogP contribution < -0.4 is 11.1 Å². The summed E-state index contributed by atoms with van der Waals surface area (Å²) in [6.07, 6.45) is 0. The molecule has 6 heteroatoms. The van der Waals surface area contributed by atoms with Gasteiger partial charge in [0.1, 0.15) is 5.69 Å². The van der Waals surface area contributed by atoms with E-state index >= 15 is 0 Å². The lowest BCUT2D eigenvalue weighted by atomic mass is 10.1. The van der Waals surface area contributed by atoms with E-state index in [1.807, 2.05) is 0 Å². The number of hydrogen-bond donors (Lipinski definition) is 3. The highest BCUT2D eigenvalue weighted by molar-refractivity contribution is 5.69. The number of nitro groups is 1. The summed E-state index contributed by atoms with van der Waals surface area (Å²) in [6, 6.07) is 2.91. The van der Waals surface area contributed by atoms with Gasteiger partial charge >= 0.3 is 0 Å². The highest BCUT2D eigenvalue weighted by Crippen LogP contribution is 2.28. The van der Waals surface area contributed by atoms with Crippen molar-refractivity contribution in [3.8, 4) is 0 Å². The minimum absolute atomic E-state index is 0.0301. The Balaban J connectivity index is 3.06. The van der Waals surface area contributed by atoms with Crippen molar-refractivity contribution < 1.29 is 10.0 Å². The standard InChI is InChI=1S/C9H13N3O3/c1-6-4-7(10)9(12(14)15)5-8(6)11-2-3-13/h4-5,11,13H,2-3,10H2,1H3. The second-order valence-electron chi connectivity index (χ2n) is 3.13. The van der Waals surface area contributed by atoms with Gasteiger partial charge in [0.15, 0.2) is 0 Å². The van der Waals surface area contributed by atoms with E-state index in [9.17, 15) is 10.1 Å². The minimum Gasteiger partial charge on any atom is -0.395 e. The van der Waals surface area contributed by atoms with E-state index in [0.29, 0.717) is 12.2 Å². The van der Waals surface area contributed by atoms with Crippen molar-refractivity contribution in [1.82, 2.24) is 0 Å². The van der Waals surface area contributed by atoms with Gasteiger partial charge in [0.25, 0.3) is 5.69 Å². The number of hydrogen-bond acceptors (Lipinski definition) is 5. The summed E-state index contributed by atoms with van der Waals surface area (Å²) in [7, 11) is 0. The number of benzene rings is 1. The number of anilines is 2. The number of nitrogens with one attached hydrogen (secondary N) is 1. The SMILES string of the molecule is Cc1cc(N)c([N+](=O)[O-])cc1NCCO. The smallest absolute Gasteiger partial charge is 0.294 e. The molecule has 82 valence electrons. The number of rotatable bonds is 4. The largest absolute Gasteiger partial charge is 0.395 e. The van der Waals surface area contributed by atoms with Gasteiger partial charge in [-0.15, -0.1) is 0 Å². The Morgan fingerprint density at radius 3 is 2.80 bits per heavy atom. The van der Waals surface area contributed by atoms with Crippen molar-refractivity contribution in [3.63, 3.8) is 0 Å². The molecule has 0 radical (unpaired) electrons. The second kappa shape index (κ2) is 4.61. The van der Waals surface area contributed by atoms with Gasteiger partial charge in [-0.2, -0.15) is 0 Å². The molecule has 0 bridgehead atoms. The molecule has 0 saturated carbocycles. The van der Waals surface area contributed by atoms with Gasteiger partial charge in [-0.1, -0.05) is 0 Å². The van der Waals surface area contributed by atoms with Crippen LogP contribution in [-0.2, 0) is 0 Å². The van der Waals surface area contributed by atoms with E-state index < -0.39 is 4.92 Å². The van der Waals surface area contributed by atoms with Gasteiger partial charge in [-0.25, -0.2) is 0 Å². The molecule has 0 heterocycles. The summed E-state index contributed by atoms with van der Waals surface area (Å²) >= 11 is 0. The van der Waals surface area contributed by atoms with E-state index in [1.165, 1.54) is 12.1 Å². The Morgan fingerprint density at radius 2 is 2.27 bits per heavy atom. The fourth-order valence-corrected chi connectivity index (χ4v) is 1.26. The van der Waals surface area contributed by atoms with Crippen molar-refractivity contribution in [2.24, 2.45) is 0 Å². The molecule has 0 saturated heterocycles. The summed E-state index contributed by atoms with van der Waals surface area (Å²) in [5.74, 6) is 0. The number of aryl methyl sites for hydroxylation is 1. The van der Waals surface area contributed by atoms with Gasteiger partial charge in [-0.3, -0.25) is 10.1 Å². The Morgan fingerprint density at radius 1 is 1.60 bits per heavy atom. The van der Waals surface area contributed by atoms with Gasteiger partial charge in [0, 0.05) is 18.3 Å². The summed E-state index contributed by atoms with van der Waals surface area (Å²) in [5.41, 5.74) is 6.95. The van der Waals surface area contributed by atoms with Crippen LogP contribution in [0.5, 0.6) is 0 Å². The Bertz CT molecular complexity index is 379. The van der Waals surface area contributed by atoms with Crippen LogP contribution in [0.4, 0.5) is 17.1 Å². The van der Waals surface area contributed by atoms with E-state index in [0.717, 1.165) is 5.56 Å². The van der Waals surface area contributed by atoms with Crippen LogP contribution >= 0.6 is 0 Å². The number of aliphatic hydroxyl groups is 1. The van der Waals surface area contributed by atoms with Crippen molar-refractivity contribution in [1.29, 1.82) is 0 Å². The zero-order valence-electron chi connectivity index (χ0n) is 8.36. The molecule has 0 atom stereocenters. The Kier molecular flexibility index (Phi) is 3.46. The summed E-state index contributed by atoms with van der Waals surface area (Å²) in [6.45, 7) is 2.11. The minimum atomic E-state index is -0.529. The first kappa shape index (κ1) is 11.3. The van der Waals surface area contributed by atoms with Gasteiger partial charge in [0.05, 0.1) is 11.5 Å².